The first kappa shape index (κ1) is 18.2. The van der Waals surface area contributed by atoms with Gasteiger partial charge >= 0.3 is 11.9 Å². The Bertz CT molecular complexity index is 586. The molecule has 0 aliphatic carbocycles. The lowest BCUT2D eigenvalue weighted by Gasteiger charge is -2.33. The standard InChI is InChI=1S/C18H26O4/c1-17(2,3)13-8-7-11(9-14(19)20)12(10-15(21)22)16(13)18(4,5)6/h7-8H,9-10H2,1-6H3,(H,19,20)(H,21,22). The molecule has 122 valence electrons. The van der Waals surface area contributed by atoms with E-state index in [0.717, 1.165) is 11.1 Å². The molecule has 0 heterocycles. The topological polar surface area (TPSA) is 74.6 Å². The fourth-order valence-electron chi connectivity index (χ4n) is 2.85. The van der Waals surface area contributed by atoms with Crippen LogP contribution in [0.3, 0.4) is 0 Å². The molecule has 1 aromatic rings. The highest BCUT2D eigenvalue weighted by atomic mass is 16.4. The minimum Gasteiger partial charge on any atom is -0.481 e. The summed E-state index contributed by atoms with van der Waals surface area (Å²) >= 11 is 0. The number of carboxylic acid groups (broad SMARTS) is 2. The maximum atomic E-state index is 11.3. The molecule has 0 aliphatic heterocycles. The van der Waals surface area contributed by atoms with Crippen LogP contribution < -0.4 is 0 Å². The van der Waals surface area contributed by atoms with E-state index in [0.29, 0.717) is 11.1 Å². The Morgan fingerprint density at radius 3 is 1.73 bits per heavy atom. The molecule has 0 aliphatic rings. The lowest BCUT2D eigenvalue weighted by atomic mass is 9.71. The van der Waals surface area contributed by atoms with Gasteiger partial charge in [-0.1, -0.05) is 53.7 Å². The van der Waals surface area contributed by atoms with Gasteiger partial charge in [0, 0.05) is 0 Å². The molecule has 0 atom stereocenters. The van der Waals surface area contributed by atoms with Crippen LogP contribution in [0.1, 0.15) is 63.8 Å². The second kappa shape index (κ2) is 6.11. The summed E-state index contributed by atoms with van der Waals surface area (Å²) in [5, 5.41) is 18.4. The summed E-state index contributed by atoms with van der Waals surface area (Å²) in [6.45, 7) is 12.4. The monoisotopic (exact) mass is 306 g/mol. The molecular formula is C18H26O4. The molecule has 1 rings (SSSR count). The number of carbonyl (C=O) groups is 2. The van der Waals surface area contributed by atoms with Gasteiger partial charge in [0.2, 0.25) is 0 Å². The number of hydrogen-bond donors (Lipinski definition) is 2. The third-order valence-electron chi connectivity index (χ3n) is 3.64. The van der Waals surface area contributed by atoms with Crippen LogP contribution in [0.2, 0.25) is 0 Å². The van der Waals surface area contributed by atoms with Crippen LogP contribution in [-0.4, -0.2) is 22.2 Å². The van der Waals surface area contributed by atoms with Crippen molar-refractivity contribution < 1.29 is 19.8 Å². The first-order chi connectivity index (χ1) is 9.84. The number of benzene rings is 1. The Morgan fingerprint density at radius 2 is 1.36 bits per heavy atom. The van der Waals surface area contributed by atoms with Gasteiger partial charge in [0.15, 0.2) is 0 Å². The second-order valence-electron chi connectivity index (χ2n) is 7.77. The van der Waals surface area contributed by atoms with E-state index in [4.69, 9.17) is 5.11 Å². The number of carboxylic acids is 2. The van der Waals surface area contributed by atoms with Crippen molar-refractivity contribution in [2.45, 2.75) is 65.2 Å². The molecule has 2 N–H and O–H groups in total. The van der Waals surface area contributed by atoms with Crippen LogP contribution >= 0.6 is 0 Å². The first-order valence-corrected chi connectivity index (χ1v) is 7.43. The van der Waals surface area contributed by atoms with Gasteiger partial charge in [-0.2, -0.15) is 0 Å². The molecule has 0 unspecified atom stereocenters. The predicted octanol–water partition coefficient (Wildman–Crippen LogP) is 3.54. The Morgan fingerprint density at radius 1 is 0.864 bits per heavy atom. The second-order valence-corrected chi connectivity index (χ2v) is 7.77. The van der Waals surface area contributed by atoms with Crippen molar-refractivity contribution in [2.75, 3.05) is 0 Å². The largest absolute Gasteiger partial charge is 0.481 e. The molecule has 0 aromatic heterocycles. The molecule has 0 spiro atoms. The van der Waals surface area contributed by atoms with E-state index in [1.54, 1.807) is 6.07 Å². The molecule has 22 heavy (non-hydrogen) atoms. The molecular weight excluding hydrogens is 280 g/mol. The molecule has 4 heteroatoms. The fraction of sp³-hybridized carbons (Fsp3) is 0.556. The average molecular weight is 306 g/mol. The van der Waals surface area contributed by atoms with Crippen LogP contribution in [0.4, 0.5) is 0 Å². The Labute approximate surface area is 132 Å². The van der Waals surface area contributed by atoms with Crippen molar-refractivity contribution in [3.63, 3.8) is 0 Å². The zero-order valence-corrected chi connectivity index (χ0v) is 14.3. The van der Waals surface area contributed by atoms with Gasteiger partial charge in [0.25, 0.3) is 0 Å². The maximum absolute atomic E-state index is 11.3. The Balaban J connectivity index is 3.74. The smallest absolute Gasteiger partial charge is 0.307 e. The maximum Gasteiger partial charge on any atom is 0.307 e. The molecule has 0 saturated heterocycles. The molecule has 0 saturated carbocycles. The Hall–Kier alpha value is -1.84. The van der Waals surface area contributed by atoms with Crippen LogP contribution in [0, 0.1) is 0 Å². The zero-order valence-electron chi connectivity index (χ0n) is 14.3. The van der Waals surface area contributed by atoms with Crippen molar-refractivity contribution in [1.29, 1.82) is 0 Å². The van der Waals surface area contributed by atoms with Gasteiger partial charge in [-0.15, -0.1) is 0 Å². The van der Waals surface area contributed by atoms with Crippen molar-refractivity contribution >= 4 is 11.9 Å². The van der Waals surface area contributed by atoms with Crippen LogP contribution in [0.5, 0.6) is 0 Å². The highest BCUT2D eigenvalue weighted by Crippen LogP contribution is 2.38. The molecule has 0 bridgehead atoms. The number of rotatable bonds is 4. The van der Waals surface area contributed by atoms with E-state index in [-0.39, 0.29) is 23.7 Å². The van der Waals surface area contributed by atoms with Crippen LogP contribution in [0.25, 0.3) is 0 Å². The lowest BCUT2D eigenvalue weighted by molar-refractivity contribution is -0.137. The van der Waals surface area contributed by atoms with E-state index in [9.17, 15) is 14.7 Å². The van der Waals surface area contributed by atoms with Crippen molar-refractivity contribution in [3.05, 3.63) is 34.4 Å². The van der Waals surface area contributed by atoms with Gasteiger partial charge in [0.1, 0.15) is 0 Å². The zero-order chi connectivity index (χ0) is 17.3. The van der Waals surface area contributed by atoms with E-state index >= 15 is 0 Å². The quantitative estimate of drug-likeness (QED) is 0.892. The normalized spacial score (nSPS) is 12.3. The van der Waals surface area contributed by atoms with Crippen molar-refractivity contribution in [1.82, 2.24) is 0 Å². The van der Waals surface area contributed by atoms with E-state index < -0.39 is 11.9 Å². The summed E-state index contributed by atoms with van der Waals surface area (Å²) in [7, 11) is 0. The summed E-state index contributed by atoms with van der Waals surface area (Å²) in [6, 6.07) is 3.71. The first-order valence-electron chi connectivity index (χ1n) is 7.43. The minimum atomic E-state index is -0.949. The molecule has 0 amide bonds. The van der Waals surface area contributed by atoms with Gasteiger partial charge in [-0.05, 0) is 33.1 Å². The summed E-state index contributed by atoms with van der Waals surface area (Å²) in [4.78, 5) is 22.4. The summed E-state index contributed by atoms with van der Waals surface area (Å²) in [6.07, 6.45) is -0.310. The highest BCUT2D eigenvalue weighted by molar-refractivity contribution is 5.75. The van der Waals surface area contributed by atoms with Gasteiger partial charge in [-0.3, -0.25) is 9.59 Å². The van der Waals surface area contributed by atoms with E-state index in [1.165, 1.54) is 0 Å². The highest BCUT2D eigenvalue weighted by Gasteiger charge is 2.30. The summed E-state index contributed by atoms with van der Waals surface area (Å²) < 4.78 is 0. The van der Waals surface area contributed by atoms with Crippen LogP contribution in [0.15, 0.2) is 12.1 Å². The third-order valence-corrected chi connectivity index (χ3v) is 3.64. The van der Waals surface area contributed by atoms with Gasteiger partial charge in [0.05, 0.1) is 12.8 Å². The lowest BCUT2D eigenvalue weighted by Crippen LogP contribution is -2.26. The molecule has 0 fully saturated rings. The predicted molar refractivity (Wildman–Crippen MR) is 86.5 cm³/mol. The SMILES string of the molecule is CC(C)(C)c1ccc(CC(=O)O)c(CC(=O)O)c1C(C)(C)C. The van der Waals surface area contributed by atoms with E-state index in [2.05, 4.69) is 20.8 Å². The van der Waals surface area contributed by atoms with Crippen molar-refractivity contribution in [2.24, 2.45) is 0 Å². The Kier molecular flexibility index (Phi) is 5.06. The fourth-order valence-corrected chi connectivity index (χ4v) is 2.85. The van der Waals surface area contributed by atoms with E-state index in [1.807, 2.05) is 26.8 Å². The molecule has 4 nitrogen and oxygen atoms in total. The minimum absolute atomic E-state index is 0.141. The summed E-state index contributed by atoms with van der Waals surface area (Å²) in [5.41, 5.74) is 2.87. The van der Waals surface area contributed by atoms with Gasteiger partial charge in [-0.25, -0.2) is 0 Å². The molecule has 1 aromatic carbocycles. The van der Waals surface area contributed by atoms with Crippen molar-refractivity contribution in [3.8, 4) is 0 Å². The average Bonchev–Trinajstić information content (AvgIpc) is 2.26. The van der Waals surface area contributed by atoms with Crippen LogP contribution in [-0.2, 0) is 33.3 Å². The third kappa shape index (κ3) is 4.33. The van der Waals surface area contributed by atoms with Gasteiger partial charge < -0.3 is 10.2 Å². The summed E-state index contributed by atoms with van der Waals surface area (Å²) in [5.74, 6) is -1.89. The molecule has 0 radical (unpaired) electrons. The number of aliphatic carboxylic acids is 2. The number of hydrogen-bond acceptors (Lipinski definition) is 2.